The number of carbonyl (C=O) groups is 1. The van der Waals surface area contributed by atoms with Gasteiger partial charge < -0.3 is 14.8 Å². The lowest BCUT2D eigenvalue weighted by atomic mass is 10.3. The number of carbonyl (C=O) groups excluding carboxylic acids is 1. The van der Waals surface area contributed by atoms with E-state index in [-0.39, 0.29) is 12.5 Å². The molecule has 0 atom stereocenters. The molecule has 4 aromatic rings. The van der Waals surface area contributed by atoms with E-state index in [0.717, 1.165) is 4.47 Å². The van der Waals surface area contributed by atoms with E-state index in [1.54, 1.807) is 49.6 Å². The number of methoxy groups -OCH3 is 1. The molecule has 1 aromatic heterocycles. The van der Waals surface area contributed by atoms with E-state index >= 15 is 0 Å². The van der Waals surface area contributed by atoms with Crippen LogP contribution in [0.2, 0.25) is 5.02 Å². The number of nitrogens with zero attached hydrogens (tertiary/aromatic N) is 3. The predicted octanol–water partition coefficient (Wildman–Crippen LogP) is 4.86. The van der Waals surface area contributed by atoms with Crippen LogP contribution in [0.15, 0.2) is 65.1 Å². The fourth-order valence-electron chi connectivity index (χ4n) is 2.76. The molecule has 3 aromatic carbocycles. The molecule has 1 amide bonds. The standard InChI is InChI=1S/C21H16BrClN4O3/c1-29-20-9-5-15(11-17(20)23)27-25-18-8-4-14(10-19(18)26-27)24-21(28)12-30-16-6-2-13(22)3-7-16/h2-11H,12H2,1H3,(H,24,28). The van der Waals surface area contributed by atoms with Crippen molar-refractivity contribution in [3.8, 4) is 17.2 Å². The zero-order chi connectivity index (χ0) is 21.1. The number of amides is 1. The van der Waals surface area contributed by atoms with Crippen molar-refractivity contribution in [1.29, 1.82) is 0 Å². The average Bonchev–Trinajstić information content (AvgIpc) is 3.17. The Morgan fingerprint density at radius 3 is 2.57 bits per heavy atom. The molecule has 152 valence electrons. The molecule has 0 aliphatic carbocycles. The number of hydrogen-bond donors (Lipinski definition) is 1. The Morgan fingerprint density at radius 1 is 1.07 bits per heavy atom. The Balaban J connectivity index is 1.46. The molecule has 0 aliphatic rings. The molecule has 1 N–H and O–H groups in total. The molecule has 0 unspecified atom stereocenters. The maximum Gasteiger partial charge on any atom is 0.262 e. The van der Waals surface area contributed by atoms with Crippen molar-refractivity contribution >= 4 is 50.2 Å². The number of ether oxygens (including phenoxy) is 2. The smallest absolute Gasteiger partial charge is 0.262 e. The second-order valence-corrected chi connectivity index (χ2v) is 7.63. The van der Waals surface area contributed by atoms with Crippen LogP contribution in [-0.4, -0.2) is 34.6 Å². The van der Waals surface area contributed by atoms with Crippen LogP contribution in [0.4, 0.5) is 5.69 Å². The molecule has 4 rings (SSSR count). The first-order valence-corrected chi connectivity index (χ1v) is 10.1. The highest BCUT2D eigenvalue weighted by Gasteiger charge is 2.10. The molecule has 1 heterocycles. The molecular weight excluding hydrogens is 472 g/mol. The summed E-state index contributed by atoms with van der Waals surface area (Å²) in [5.41, 5.74) is 2.62. The fraction of sp³-hybridized carbons (Fsp3) is 0.0952. The van der Waals surface area contributed by atoms with Crippen LogP contribution in [-0.2, 0) is 4.79 Å². The van der Waals surface area contributed by atoms with Gasteiger partial charge in [0, 0.05) is 10.2 Å². The van der Waals surface area contributed by atoms with Gasteiger partial charge in [-0.15, -0.1) is 10.2 Å². The van der Waals surface area contributed by atoms with Crippen molar-refractivity contribution in [2.24, 2.45) is 0 Å². The maximum atomic E-state index is 12.2. The molecular formula is C21H16BrClN4O3. The highest BCUT2D eigenvalue weighted by atomic mass is 79.9. The molecule has 0 aliphatic heterocycles. The van der Waals surface area contributed by atoms with E-state index in [1.165, 1.54) is 4.80 Å². The summed E-state index contributed by atoms with van der Waals surface area (Å²) in [4.78, 5) is 13.7. The summed E-state index contributed by atoms with van der Waals surface area (Å²) in [6.45, 7) is -0.100. The van der Waals surface area contributed by atoms with Crippen molar-refractivity contribution in [3.63, 3.8) is 0 Å². The summed E-state index contributed by atoms with van der Waals surface area (Å²) < 4.78 is 11.6. The zero-order valence-corrected chi connectivity index (χ0v) is 18.1. The Labute approximate surface area is 185 Å². The van der Waals surface area contributed by atoms with E-state index in [0.29, 0.717) is 38.9 Å². The van der Waals surface area contributed by atoms with Crippen LogP contribution in [0, 0.1) is 0 Å². The van der Waals surface area contributed by atoms with E-state index in [4.69, 9.17) is 21.1 Å². The Morgan fingerprint density at radius 2 is 1.83 bits per heavy atom. The molecule has 9 heteroatoms. The van der Waals surface area contributed by atoms with Gasteiger partial charge in [-0.3, -0.25) is 4.79 Å². The van der Waals surface area contributed by atoms with Gasteiger partial charge in [0.25, 0.3) is 5.91 Å². The lowest BCUT2D eigenvalue weighted by Crippen LogP contribution is -2.20. The first kappa shape index (κ1) is 20.2. The number of halogens is 2. The van der Waals surface area contributed by atoms with Gasteiger partial charge >= 0.3 is 0 Å². The number of anilines is 1. The summed E-state index contributed by atoms with van der Waals surface area (Å²) in [5.74, 6) is 0.920. The molecule has 0 fully saturated rings. The van der Waals surface area contributed by atoms with Crippen LogP contribution >= 0.6 is 27.5 Å². The Kier molecular flexibility index (Phi) is 5.87. The van der Waals surface area contributed by atoms with Crippen LogP contribution in [0.3, 0.4) is 0 Å². The number of benzene rings is 3. The second-order valence-electron chi connectivity index (χ2n) is 6.30. The largest absolute Gasteiger partial charge is 0.495 e. The summed E-state index contributed by atoms with van der Waals surface area (Å²) in [6, 6.07) is 17.9. The van der Waals surface area contributed by atoms with Crippen molar-refractivity contribution < 1.29 is 14.3 Å². The third kappa shape index (κ3) is 4.55. The normalized spacial score (nSPS) is 10.8. The SMILES string of the molecule is COc1ccc(-n2nc3ccc(NC(=O)COc4ccc(Br)cc4)cc3n2)cc1Cl. The van der Waals surface area contributed by atoms with Gasteiger partial charge in [0.05, 0.1) is 17.8 Å². The zero-order valence-electron chi connectivity index (χ0n) is 15.8. The third-order valence-corrected chi connectivity index (χ3v) is 5.04. The topological polar surface area (TPSA) is 78.3 Å². The van der Waals surface area contributed by atoms with Gasteiger partial charge in [-0.25, -0.2) is 0 Å². The van der Waals surface area contributed by atoms with Gasteiger partial charge in [-0.1, -0.05) is 27.5 Å². The number of nitrogens with one attached hydrogen (secondary N) is 1. The quantitative estimate of drug-likeness (QED) is 0.420. The Hall–Kier alpha value is -3.10. The van der Waals surface area contributed by atoms with Crippen molar-refractivity contribution in [2.45, 2.75) is 0 Å². The summed E-state index contributed by atoms with van der Waals surface area (Å²) in [5, 5.41) is 12.2. The lowest BCUT2D eigenvalue weighted by Gasteiger charge is -2.07. The van der Waals surface area contributed by atoms with Crippen LogP contribution in [0.25, 0.3) is 16.7 Å². The molecule has 0 saturated carbocycles. The predicted molar refractivity (Wildman–Crippen MR) is 119 cm³/mol. The van der Waals surface area contributed by atoms with Gasteiger partial charge in [-0.05, 0) is 60.7 Å². The minimum Gasteiger partial charge on any atom is -0.495 e. The van der Waals surface area contributed by atoms with Crippen LogP contribution in [0.1, 0.15) is 0 Å². The highest BCUT2D eigenvalue weighted by Crippen LogP contribution is 2.27. The number of aromatic nitrogens is 3. The summed E-state index contributed by atoms with van der Waals surface area (Å²) in [6.07, 6.45) is 0. The molecule has 30 heavy (non-hydrogen) atoms. The molecule has 0 radical (unpaired) electrons. The van der Waals surface area contributed by atoms with Gasteiger partial charge in [0.15, 0.2) is 6.61 Å². The van der Waals surface area contributed by atoms with Crippen molar-refractivity contribution in [2.75, 3.05) is 19.0 Å². The number of hydrogen-bond acceptors (Lipinski definition) is 5. The molecule has 7 nitrogen and oxygen atoms in total. The molecule has 0 spiro atoms. The van der Waals surface area contributed by atoms with Gasteiger partial charge in [0.2, 0.25) is 0 Å². The number of rotatable bonds is 6. The van der Waals surface area contributed by atoms with E-state index < -0.39 is 0 Å². The minimum atomic E-state index is -0.272. The summed E-state index contributed by atoms with van der Waals surface area (Å²) >= 11 is 9.54. The van der Waals surface area contributed by atoms with Gasteiger partial charge in [0.1, 0.15) is 22.5 Å². The molecule has 0 bridgehead atoms. The Bertz CT molecular complexity index is 1210. The maximum absolute atomic E-state index is 12.2. The van der Waals surface area contributed by atoms with Crippen molar-refractivity contribution in [3.05, 3.63) is 70.2 Å². The van der Waals surface area contributed by atoms with E-state index in [1.807, 2.05) is 18.2 Å². The van der Waals surface area contributed by atoms with Gasteiger partial charge in [-0.2, -0.15) is 4.80 Å². The molecule has 0 saturated heterocycles. The van der Waals surface area contributed by atoms with E-state index in [9.17, 15) is 4.79 Å². The van der Waals surface area contributed by atoms with Crippen LogP contribution in [0.5, 0.6) is 11.5 Å². The lowest BCUT2D eigenvalue weighted by molar-refractivity contribution is -0.118. The minimum absolute atomic E-state index is 0.100. The summed E-state index contributed by atoms with van der Waals surface area (Å²) in [7, 11) is 1.56. The van der Waals surface area contributed by atoms with Crippen LogP contribution < -0.4 is 14.8 Å². The van der Waals surface area contributed by atoms with Crippen molar-refractivity contribution in [1.82, 2.24) is 15.0 Å². The third-order valence-electron chi connectivity index (χ3n) is 4.21. The monoisotopic (exact) mass is 486 g/mol. The second kappa shape index (κ2) is 8.73. The number of fused-ring (bicyclic) bond motifs is 1. The highest BCUT2D eigenvalue weighted by molar-refractivity contribution is 9.10. The first-order chi connectivity index (χ1) is 14.5. The van der Waals surface area contributed by atoms with E-state index in [2.05, 4.69) is 31.4 Å². The first-order valence-electron chi connectivity index (χ1n) is 8.91. The average molecular weight is 488 g/mol. The fourth-order valence-corrected chi connectivity index (χ4v) is 3.28.